The molecule has 4 aromatic rings. The van der Waals surface area contributed by atoms with Crippen LogP contribution in [0.4, 0.5) is 5.69 Å². The molecule has 0 atom stereocenters. The molecule has 3 aromatic carbocycles. The van der Waals surface area contributed by atoms with Gasteiger partial charge in [0.1, 0.15) is 5.82 Å². The lowest BCUT2D eigenvalue weighted by Crippen LogP contribution is -2.38. The van der Waals surface area contributed by atoms with Crippen LogP contribution in [-0.2, 0) is 10.0 Å². The van der Waals surface area contributed by atoms with Crippen molar-refractivity contribution in [1.82, 2.24) is 14.3 Å². The van der Waals surface area contributed by atoms with E-state index >= 15 is 0 Å². The molecular formula is C25H23ClN4O3S. The van der Waals surface area contributed by atoms with Gasteiger partial charge in [0, 0.05) is 35.3 Å². The molecule has 34 heavy (non-hydrogen) atoms. The van der Waals surface area contributed by atoms with E-state index < -0.39 is 10.0 Å². The Morgan fingerprint density at radius 3 is 2.32 bits per heavy atom. The zero-order chi connectivity index (χ0) is 23.7. The van der Waals surface area contributed by atoms with Crippen molar-refractivity contribution in [1.29, 1.82) is 0 Å². The Bertz CT molecular complexity index is 1390. The summed E-state index contributed by atoms with van der Waals surface area (Å²) in [6.07, 6.45) is 1.41. The van der Waals surface area contributed by atoms with E-state index in [4.69, 9.17) is 11.6 Å². The van der Waals surface area contributed by atoms with Gasteiger partial charge in [0.05, 0.1) is 15.9 Å². The first kappa shape index (κ1) is 22.6. The van der Waals surface area contributed by atoms with Crippen LogP contribution in [0, 0.1) is 0 Å². The number of rotatable bonds is 5. The number of hydrogen-bond acceptors (Lipinski definition) is 4. The van der Waals surface area contributed by atoms with Crippen LogP contribution in [0.15, 0.2) is 77.7 Å². The Labute approximate surface area is 202 Å². The van der Waals surface area contributed by atoms with Crippen molar-refractivity contribution in [3.8, 4) is 0 Å². The minimum atomic E-state index is -3.62. The van der Waals surface area contributed by atoms with E-state index in [1.807, 2.05) is 24.3 Å². The van der Waals surface area contributed by atoms with Gasteiger partial charge in [-0.2, -0.15) is 4.31 Å². The molecule has 0 unspecified atom stereocenters. The molecule has 1 saturated heterocycles. The topological polar surface area (TPSA) is 95.2 Å². The molecule has 0 bridgehead atoms. The van der Waals surface area contributed by atoms with Gasteiger partial charge in [-0.1, -0.05) is 23.7 Å². The Morgan fingerprint density at radius 2 is 1.65 bits per heavy atom. The fourth-order valence-corrected chi connectivity index (χ4v) is 5.79. The smallest absolute Gasteiger partial charge is 0.255 e. The van der Waals surface area contributed by atoms with Crippen molar-refractivity contribution in [2.75, 3.05) is 18.4 Å². The number of amides is 1. The number of aromatic amines is 1. The van der Waals surface area contributed by atoms with Gasteiger partial charge in [-0.3, -0.25) is 4.79 Å². The fraction of sp³-hybridized carbons (Fsp3) is 0.200. The molecule has 1 aliphatic heterocycles. The van der Waals surface area contributed by atoms with Crippen molar-refractivity contribution in [2.24, 2.45) is 0 Å². The first-order valence-corrected chi connectivity index (χ1v) is 12.8. The summed E-state index contributed by atoms with van der Waals surface area (Å²) < 4.78 is 27.8. The van der Waals surface area contributed by atoms with Crippen LogP contribution in [0.25, 0.3) is 11.0 Å². The number of nitrogens with zero attached hydrogens (tertiary/aromatic N) is 2. The highest BCUT2D eigenvalue weighted by Crippen LogP contribution is 2.30. The predicted octanol–water partition coefficient (Wildman–Crippen LogP) is 5.04. The number of carbonyl (C=O) groups excluding carboxylic acids is 1. The van der Waals surface area contributed by atoms with Gasteiger partial charge in [0.2, 0.25) is 10.0 Å². The van der Waals surface area contributed by atoms with E-state index in [2.05, 4.69) is 15.3 Å². The summed E-state index contributed by atoms with van der Waals surface area (Å²) in [7, 11) is -3.62. The van der Waals surface area contributed by atoms with Crippen LogP contribution < -0.4 is 5.32 Å². The average molecular weight is 495 g/mol. The van der Waals surface area contributed by atoms with Gasteiger partial charge < -0.3 is 10.3 Å². The van der Waals surface area contributed by atoms with Crippen molar-refractivity contribution in [3.05, 3.63) is 89.2 Å². The van der Waals surface area contributed by atoms with E-state index in [0.29, 0.717) is 42.2 Å². The quantitative estimate of drug-likeness (QED) is 0.406. The summed E-state index contributed by atoms with van der Waals surface area (Å²) in [5.74, 6) is 0.822. The number of benzene rings is 3. The van der Waals surface area contributed by atoms with Crippen LogP contribution >= 0.6 is 11.6 Å². The molecule has 1 amide bonds. The molecule has 2 heterocycles. The van der Waals surface area contributed by atoms with Gasteiger partial charge in [0.15, 0.2) is 0 Å². The van der Waals surface area contributed by atoms with Crippen LogP contribution in [0.1, 0.15) is 34.9 Å². The lowest BCUT2D eigenvalue weighted by atomic mass is 9.97. The molecule has 1 fully saturated rings. The maximum absolute atomic E-state index is 13.2. The number of hydrogen-bond donors (Lipinski definition) is 2. The molecule has 1 aliphatic rings. The first-order valence-electron chi connectivity index (χ1n) is 11.0. The van der Waals surface area contributed by atoms with Gasteiger partial charge in [0.25, 0.3) is 5.91 Å². The lowest BCUT2D eigenvalue weighted by Gasteiger charge is -2.30. The fourth-order valence-electron chi connectivity index (χ4n) is 4.20. The molecule has 5 rings (SSSR count). The number of sulfonamides is 1. The molecule has 0 aliphatic carbocycles. The van der Waals surface area contributed by atoms with E-state index in [0.717, 1.165) is 16.9 Å². The Balaban J connectivity index is 1.23. The van der Waals surface area contributed by atoms with Crippen LogP contribution in [0.5, 0.6) is 0 Å². The molecule has 0 radical (unpaired) electrons. The van der Waals surface area contributed by atoms with Crippen molar-refractivity contribution in [3.63, 3.8) is 0 Å². The second kappa shape index (κ2) is 9.21. The number of piperidine rings is 1. The Morgan fingerprint density at radius 1 is 0.971 bits per heavy atom. The number of anilines is 1. The number of imidazole rings is 1. The highest BCUT2D eigenvalue weighted by Gasteiger charge is 2.31. The average Bonchev–Trinajstić information content (AvgIpc) is 3.29. The number of fused-ring (bicyclic) bond motifs is 1. The monoisotopic (exact) mass is 494 g/mol. The Kier molecular flexibility index (Phi) is 6.12. The van der Waals surface area contributed by atoms with Crippen LogP contribution in [-0.4, -0.2) is 41.7 Å². The number of para-hydroxylation sites is 2. The normalized spacial score (nSPS) is 15.4. The largest absolute Gasteiger partial charge is 0.342 e. The minimum absolute atomic E-state index is 0.198. The number of H-pyrrole nitrogens is 1. The van der Waals surface area contributed by atoms with Crippen LogP contribution in [0.3, 0.4) is 0 Å². The predicted molar refractivity (Wildman–Crippen MR) is 133 cm³/mol. The van der Waals surface area contributed by atoms with E-state index in [9.17, 15) is 13.2 Å². The molecule has 1 aromatic heterocycles. The summed E-state index contributed by atoms with van der Waals surface area (Å²) in [4.78, 5) is 20.6. The number of aromatic nitrogens is 2. The number of carbonyl (C=O) groups is 1. The van der Waals surface area contributed by atoms with E-state index in [-0.39, 0.29) is 16.7 Å². The third-order valence-corrected chi connectivity index (χ3v) is 8.27. The van der Waals surface area contributed by atoms with Gasteiger partial charge in [-0.05, 0) is 73.5 Å². The summed E-state index contributed by atoms with van der Waals surface area (Å²) in [5, 5.41) is 3.32. The molecule has 0 spiro atoms. The number of halogens is 1. The molecule has 174 valence electrons. The van der Waals surface area contributed by atoms with Gasteiger partial charge in [-0.15, -0.1) is 0 Å². The highest BCUT2D eigenvalue weighted by molar-refractivity contribution is 7.89. The first-order chi connectivity index (χ1) is 16.4. The summed E-state index contributed by atoms with van der Waals surface area (Å²) in [5.41, 5.74) is 2.91. The zero-order valence-electron chi connectivity index (χ0n) is 18.2. The van der Waals surface area contributed by atoms with Gasteiger partial charge >= 0.3 is 0 Å². The lowest BCUT2D eigenvalue weighted by molar-refractivity contribution is 0.102. The molecule has 9 heteroatoms. The minimum Gasteiger partial charge on any atom is -0.342 e. The van der Waals surface area contributed by atoms with Crippen LogP contribution in [0.2, 0.25) is 5.02 Å². The maximum atomic E-state index is 13.2. The zero-order valence-corrected chi connectivity index (χ0v) is 19.8. The summed E-state index contributed by atoms with van der Waals surface area (Å²) in [6, 6.07) is 20.7. The summed E-state index contributed by atoms with van der Waals surface area (Å²) in [6.45, 7) is 0.859. The second-order valence-electron chi connectivity index (χ2n) is 8.30. The summed E-state index contributed by atoms with van der Waals surface area (Å²) >= 11 is 5.86. The van der Waals surface area contributed by atoms with Crippen molar-refractivity contribution < 1.29 is 13.2 Å². The molecule has 7 nitrogen and oxygen atoms in total. The van der Waals surface area contributed by atoms with Gasteiger partial charge in [-0.25, -0.2) is 13.4 Å². The standard InChI is InChI=1S/C25H23ClN4O3S/c26-19-7-5-18(6-8-19)25(31)27-20-9-11-21(12-10-20)34(32,33)30-15-13-17(14-16-30)24-28-22-3-1-2-4-23(22)29-24/h1-12,17H,13-16H2,(H,27,31)(H,28,29). The van der Waals surface area contributed by atoms with Crippen molar-refractivity contribution in [2.45, 2.75) is 23.7 Å². The van der Waals surface area contributed by atoms with E-state index in [1.54, 1.807) is 36.4 Å². The molecule has 2 N–H and O–H groups in total. The molecule has 0 saturated carbocycles. The molecular weight excluding hydrogens is 472 g/mol. The Hall–Kier alpha value is -3.20. The van der Waals surface area contributed by atoms with E-state index in [1.165, 1.54) is 16.4 Å². The maximum Gasteiger partial charge on any atom is 0.255 e. The SMILES string of the molecule is O=C(Nc1ccc(S(=O)(=O)N2CCC(c3nc4ccccc4[nH]3)CC2)cc1)c1ccc(Cl)cc1. The van der Waals surface area contributed by atoms with Crippen molar-refractivity contribution >= 4 is 44.3 Å². The third kappa shape index (κ3) is 4.57. The third-order valence-electron chi connectivity index (χ3n) is 6.10. The highest BCUT2D eigenvalue weighted by atomic mass is 35.5. The second-order valence-corrected chi connectivity index (χ2v) is 10.7. The number of nitrogens with one attached hydrogen (secondary N) is 2.